The normalized spacial score (nSPS) is 11.1. The zero-order valence-electron chi connectivity index (χ0n) is 67.6. The number of carbonyl (C=O) groups is 5. The number of benzene rings is 5. The molecular formula is C85H127N13O13. The summed E-state index contributed by atoms with van der Waals surface area (Å²) in [6.07, 6.45) is 13.1. The summed E-state index contributed by atoms with van der Waals surface area (Å²) in [6.45, 7) is 38.4. The number of nitrogens with zero attached hydrogens (tertiary/aromatic N) is 11. The maximum atomic E-state index is 11.9. The molecule has 0 aliphatic carbocycles. The first kappa shape index (κ1) is 95.3. The Morgan fingerprint density at radius 2 is 0.874 bits per heavy atom. The molecule has 0 saturated heterocycles. The van der Waals surface area contributed by atoms with Crippen molar-refractivity contribution in [2.45, 2.75) is 220 Å². The minimum atomic E-state index is -0.798. The summed E-state index contributed by atoms with van der Waals surface area (Å²) in [5.74, 6) is 4.67. The number of aliphatic hydroxyl groups is 1. The van der Waals surface area contributed by atoms with Crippen LogP contribution in [0.25, 0.3) is 34.2 Å². The van der Waals surface area contributed by atoms with Crippen LogP contribution in [0.15, 0.2) is 127 Å². The number of rotatable bonds is 36. The van der Waals surface area contributed by atoms with Crippen molar-refractivity contribution in [1.29, 1.82) is 0 Å². The molecule has 26 nitrogen and oxygen atoms in total. The Hall–Kier alpha value is -9.89. The van der Waals surface area contributed by atoms with E-state index in [1.807, 2.05) is 101 Å². The van der Waals surface area contributed by atoms with E-state index in [-0.39, 0.29) is 33.1 Å². The van der Waals surface area contributed by atoms with Crippen LogP contribution in [-0.2, 0) is 79.3 Å². The van der Waals surface area contributed by atoms with Crippen LogP contribution in [0.5, 0.6) is 23.0 Å². The molecule has 26 heteroatoms. The van der Waals surface area contributed by atoms with Crippen LogP contribution in [0.2, 0.25) is 0 Å². The number of unbranched alkanes of at least 4 members (excludes halogenated alkanes) is 6. The number of nitrogens with one attached hydrogen (secondary N) is 2. The number of Topliss-reactive ketones (excluding diaryl/α,β-unsaturated/α-hetero) is 1. The van der Waals surface area contributed by atoms with Gasteiger partial charge in [-0.3, -0.25) is 14.5 Å². The minimum absolute atomic E-state index is 0. The first-order chi connectivity index (χ1) is 53.6. The summed E-state index contributed by atoms with van der Waals surface area (Å²) in [5.41, 5.74) is 5.58. The molecule has 5 aromatic carbocycles. The van der Waals surface area contributed by atoms with E-state index in [1.165, 1.54) is 50.5 Å². The van der Waals surface area contributed by atoms with Crippen LogP contribution >= 0.6 is 0 Å². The topological polar surface area (TPSA) is 293 Å². The van der Waals surface area contributed by atoms with Crippen molar-refractivity contribution in [3.63, 3.8) is 0 Å². The Kier molecular flexibility index (Phi) is 49.1. The number of hydrogen-bond donors (Lipinski definition) is 3. The van der Waals surface area contributed by atoms with Gasteiger partial charge in [-0.1, -0.05) is 211 Å². The van der Waals surface area contributed by atoms with Gasteiger partial charge in [0, 0.05) is 62.9 Å². The van der Waals surface area contributed by atoms with Crippen LogP contribution < -0.4 is 29.6 Å². The van der Waals surface area contributed by atoms with Crippen LogP contribution in [0, 0.1) is 0 Å². The molecule has 0 spiro atoms. The van der Waals surface area contributed by atoms with Gasteiger partial charge in [0.15, 0.2) is 46.3 Å². The van der Waals surface area contributed by atoms with Crippen molar-refractivity contribution in [3.8, 4) is 57.2 Å². The van der Waals surface area contributed by atoms with E-state index in [9.17, 15) is 29.1 Å². The molecule has 0 saturated carbocycles. The molecule has 3 N–H and O–H groups in total. The highest BCUT2D eigenvalue weighted by Crippen LogP contribution is 2.34. The second-order valence-electron chi connectivity index (χ2n) is 25.4. The first-order valence-electron chi connectivity index (χ1n) is 39.3. The van der Waals surface area contributed by atoms with Crippen LogP contribution in [0.3, 0.4) is 0 Å². The van der Waals surface area contributed by atoms with Crippen molar-refractivity contribution in [1.82, 2.24) is 64.7 Å². The van der Waals surface area contributed by atoms with Crippen LogP contribution in [0.1, 0.15) is 208 Å². The van der Waals surface area contributed by atoms with Gasteiger partial charge in [-0.2, -0.15) is 0 Å². The molecule has 0 atom stereocenters. The lowest BCUT2D eigenvalue weighted by molar-refractivity contribution is -0.154. The fourth-order valence-electron chi connectivity index (χ4n) is 10.8. The molecule has 3 aromatic heterocycles. The van der Waals surface area contributed by atoms with Gasteiger partial charge < -0.3 is 67.5 Å². The highest BCUT2D eigenvalue weighted by atomic mass is 16.7. The highest BCUT2D eigenvalue weighted by molar-refractivity contribution is 6.32. The van der Waals surface area contributed by atoms with Crippen molar-refractivity contribution in [2.75, 3.05) is 72.7 Å². The Balaban J connectivity index is 0.000000353. The molecule has 5 heterocycles. The van der Waals surface area contributed by atoms with Gasteiger partial charge in [0.1, 0.15) is 12.4 Å². The Morgan fingerprint density at radius 3 is 1.32 bits per heavy atom. The van der Waals surface area contributed by atoms with Gasteiger partial charge in [-0.05, 0) is 127 Å². The number of ether oxygens (including phenoxy) is 7. The molecule has 0 bridgehead atoms. The number of carbonyl (C=O) groups excluding carboxylic acids is 5. The standard InChI is InChI=1S/C25H32N4O2.C15H19N3O2.C13H17N3O.C12H17NO2.C8H15NO3.C6H15N.C5H8O3.CH4/c1-3-5-14-28(17-20-12-13-22-23(16-20)31-19-30-22)18-24-26-27-25(29(24)15-6-4-2)21-10-8-7-9-11-21;1-3-5-11-18-13(12-9-7-6-8-10-12)16-17-14(18)15(19)20-4-2;1-2-3-9-16-12(10-17)14-15-13(16)11-7-5-4-6-8-11;1-2-3-6-13-8-10-4-5-11-12(7-10)15-9-14-11;1-3-5-6-9-7(10)8(11)12-4-2;1-4-7(5-2)6-3;1-3-8-5(7)4(2)6;/h7-13,16H,3-6,14-15,17-19H2,1-2H3;6-10H,3-5,11H2,1-2H3;4-8,17H,2-3,9-10H2,1H3;4-5,7,13H,2-3,6,8-9H2,1H3;3-6H2,1-2H3,(H,9,10);4-6H2,1-3H3;3H2,1-2H3;1H4. The summed E-state index contributed by atoms with van der Waals surface area (Å²) < 4.78 is 41.6. The number of hydrogen-bond acceptors (Lipinski definition) is 22. The maximum absolute atomic E-state index is 11.9. The van der Waals surface area contributed by atoms with Gasteiger partial charge in [0.25, 0.3) is 0 Å². The van der Waals surface area contributed by atoms with E-state index in [4.69, 9.17) is 23.7 Å². The monoisotopic (exact) mass is 1540 g/mol. The molecule has 111 heavy (non-hydrogen) atoms. The second kappa shape index (κ2) is 57.2. The van der Waals surface area contributed by atoms with Gasteiger partial charge in [0.2, 0.25) is 25.2 Å². The summed E-state index contributed by atoms with van der Waals surface area (Å²) >= 11 is 0. The number of fused-ring (bicyclic) bond motifs is 2. The molecule has 2 aliphatic rings. The molecule has 2 aliphatic heterocycles. The van der Waals surface area contributed by atoms with Gasteiger partial charge in [-0.25, -0.2) is 14.4 Å². The maximum Gasteiger partial charge on any atom is 0.396 e. The van der Waals surface area contributed by atoms with E-state index in [1.54, 1.807) is 20.8 Å². The smallest absolute Gasteiger partial charge is 0.396 e. The van der Waals surface area contributed by atoms with E-state index in [0.29, 0.717) is 44.9 Å². The van der Waals surface area contributed by atoms with Crippen LogP contribution in [0.4, 0.5) is 0 Å². The number of aromatic nitrogens is 9. The predicted molar refractivity (Wildman–Crippen MR) is 436 cm³/mol. The van der Waals surface area contributed by atoms with E-state index in [0.717, 1.165) is 167 Å². The largest absolute Gasteiger partial charge is 0.460 e. The number of amides is 1. The van der Waals surface area contributed by atoms with Crippen LogP contribution in [-0.4, -0.2) is 161 Å². The van der Waals surface area contributed by atoms with Gasteiger partial charge in [0.05, 0.1) is 26.4 Å². The number of ketones is 1. The molecule has 0 radical (unpaired) electrons. The second-order valence-corrected chi connectivity index (χ2v) is 25.4. The van der Waals surface area contributed by atoms with E-state index in [2.05, 4.69) is 163 Å². The first-order valence-corrected chi connectivity index (χ1v) is 39.3. The third kappa shape index (κ3) is 34.5. The highest BCUT2D eigenvalue weighted by Gasteiger charge is 2.23. The quantitative estimate of drug-likeness (QED) is 0.0142. The van der Waals surface area contributed by atoms with Gasteiger partial charge in [-0.15, -0.1) is 30.6 Å². The lowest BCUT2D eigenvalue weighted by Crippen LogP contribution is -2.33. The fraction of sp³-hybridized carbons (Fsp3) is 0.518. The molecule has 0 fully saturated rings. The third-order valence-electron chi connectivity index (χ3n) is 17.0. The average Bonchev–Trinajstić information content (AvgIpc) is 1.69. The van der Waals surface area contributed by atoms with Crippen molar-refractivity contribution in [2.24, 2.45) is 0 Å². The lowest BCUT2D eigenvalue weighted by atomic mass is 10.1. The molecule has 0 unspecified atom stereocenters. The third-order valence-corrected chi connectivity index (χ3v) is 17.0. The minimum Gasteiger partial charge on any atom is -0.460 e. The molecule has 1 amide bonds. The van der Waals surface area contributed by atoms with E-state index < -0.39 is 29.6 Å². The Bertz CT molecular complexity index is 3840. The SMILES string of the molecule is C.CCCCN(Cc1ccc2c(c1)OCO2)Cc1nnc(-c2ccccc2)n1CCCC.CCCCNC(=O)C(=O)OCC.CCCCNCc1ccc2c(c1)OCO2.CCCCn1c(C(=O)OCC)nnc1-c1ccccc1.CCCCn1c(CO)nnc1-c1ccccc1.CCN(CC)CC.CCOC(=O)C(C)=O. The number of aliphatic hydroxyl groups excluding tert-OH is 1. The summed E-state index contributed by atoms with van der Waals surface area (Å²) in [4.78, 5) is 58.5. The zero-order chi connectivity index (χ0) is 80.1. The summed E-state index contributed by atoms with van der Waals surface area (Å²) in [7, 11) is 0. The van der Waals surface area contributed by atoms with Gasteiger partial charge >= 0.3 is 23.8 Å². The fourth-order valence-corrected chi connectivity index (χ4v) is 10.8. The van der Waals surface area contributed by atoms with Crippen molar-refractivity contribution < 1.29 is 62.2 Å². The molecular weight excluding hydrogens is 1410 g/mol. The summed E-state index contributed by atoms with van der Waals surface area (Å²) in [5, 5.41) is 40.6. The average molecular weight is 1540 g/mol. The number of esters is 3. The summed E-state index contributed by atoms with van der Waals surface area (Å²) in [6, 6.07) is 42.4. The molecule has 8 aromatic rings. The van der Waals surface area contributed by atoms with E-state index >= 15 is 0 Å². The van der Waals surface area contributed by atoms with Crippen molar-refractivity contribution in [3.05, 3.63) is 156 Å². The lowest BCUT2D eigenvalue weighted by Gasteiger charge is -2.22. The Morgan fingerprint density at radius 1 is 0.450 bits per heavy atom. The molecule has 10 rings (SSSR count). The Labute approximate surface area is 659 Å². The predicted octanol–water partition coefficient (Wildman–Crippen LogP) is 15.3. The van der Waals surface area contributed by atoms with Crippen molar-refractivity contribution >= 4 is 29.6 Å². The zero-order valence-corrected chi connectivity index (χ0v) is 67.6. The molecule has 610 valence electrons.